The molecule has 2 amide bonds. The maximum atomic E-state index is 12.7. The molecule has 2 saturated carbocycles. The molecule has 0 spiro atoms. The molecule has 164 valence electrons. The number of anilines is 4. The van der Waals surface area contributed by atoms with Gasteiger partial charge in [0.25, 0.3) is 0 Å². The zero-order valence-corrected chi connectivity index (χ0v) is 19.1. The fourth-order valence-electron chi connectivity index (χ4n) is 3.92. The summed E-state index contributed by atoms with van der Waals surface area (Å²) < 4.78 is 0.954. The number of halogens is 1. The molecule has 3 aromatic rings. The van der Waals surface area contributed by atoms with Gasteiger partial charge in [0.1, 0.15) is 12.1 Å². The van der Waals surface area contributed by atoms with Crippen LogP contribution in [-0.2, 0) is 9.59 Å². The Morgan fingerprint density at radius 1 is 0.875 bits per heavy atom. The van der Waals surface area contributed by atoms with E-state index in [-0.39, 0.29) is 23.7 Å². The van der Waals surface area contributed by atoms with Gasteiger partial charge in [-0.25, -0.2) is 9.97 Å². The molecule has 1 heterocycles. The van der Waals surface area contributed by atoms with Gasteiger partial charge in [0.15, 0.2) is 0 Å². The Labute approximate surface area is 194 Å². The number of rotatable bonds is 6. The lowest BCUT2D eigenvalue weighted by Gasteiger charge is -2.26. The summed E-state index contributed by atoms with van der Waals surface area (Å²) in [5.41, 5.74) is 2.72. The maximum absolute atomic E-state index is 12.7. The minimum atomic E-state index is -0.00640. The lowest BCUT2D eigenvalue weighted by molar-refractivity contribution is -0.123. The van der Waals surface area contributed by atoms with E-state index in [9.17, 15) is 9.59 Å². The summed E-state index contributed by atoms with van der Waals surface area (Å²) in [6, 6.07) is 11.5. The van der Waals surface area contributed by atoms with Gasteiger partial charge in [-0.3, -0.25) is 9.59 Å². The Bertz CT molecular complexity index is 1190. The average molecular weight is 494 g/mol. The fraction of sp³-hybridized carbons (Fsp3) is 0.333. The molecule has 3 N–H and O–H groups in total. The molecule has 0 bridgehead atoms. The molecular weight excluding hydrogens is 470 g/mol. The van der Waals surface area contributed by atoms with E-state index in [1.54, 1.807) is 0 Å². The van der Waals surface area contributed by atoms with Crippen molar-refractivity contribution in [3.05, 3.63) is 47.2 Å². The predicted octanol–water partition coefficient (Wildman–Crippen LogP) is 5.61. The smallest absolute Gasteiger partial charge is 0.227 e. The molecule has 2 aliphatic carbocycles. The highest BCUT2D eigenvalue weighted by molar-refractivity contribution is 9.10. The third kappa shape index (κ3) is 4.32. The number of nitrogens with one attached hydrogen (secondary N) is 3. The zero-order valence-electron chi connectivity index (χ0n) is 17.5. The summed E-state index contributed by atoms with van der Waals surface area (Å²) in [6.07, 6.45) is 7.28. The van der Waals surface area contributed by atoms with Crippen LogP contribution in [0.15, 0.2) is 47.2 Å². The van der Waals surface area contributed by atoms with Gasteiger partial charge in [0.05, 0.1) is 16.9 Å². The first-order valence-corrected chi connectivity index (χ1v) is 11.8. The summed E-state index contributed by atoms with van der Waals surface area (Å²) in [6.45, 7) is 0. The minimum absolute atomic E-state index is 0.00344. The second-order valence-corrected chi connectivity index (χ2v) is 9.42. The van der Waals surface area contributed by atoms with Crippen LogP contribution in [0.2, 0.25) is 0 Å². The largest absolute Gasteiger partial charge is 0.340 e. The standard InChI is InChI=1S/C24H24BrN5O2/c25-16-8-3-9-17(10-16)28-22-18-11-20(29-23(31)14-4-1-5-14)21(12-19(18)26-13-27-22)30-24(32)15-6-2-7-15/h3,8-15H,1-2,4-7H2,(H,29,31)(H,30,32)(H,26,27,28). The van der Waals surface area contributed by atoms with E-state index < -0.39 is 0 Å². The summed E-state index contributed by atoms with van der Waals surface area (Å²) in [7, 11) is 0. The van der Waals surface area contributed by atoms with E-state index in [2.05, 4.69) is 41.8 Å². The third-order valence-corrected chi connectivity index (χ3v) is 6.82. The molecule has 2 fully saturated rings. The van der Waals surface area contributed by atoms with Gasteiger partial charge < -0.3 is 16.0 Å². The molecule has 0 unspecified atom stereocenters. The third-order valence-electron chi connectivity index (χ3n) is 6.33. The molecule has 32 heavy (non-hydrogen) atoms. The summed E-state index contributed by atoms with van der Waals surface area (Å²) >= 11 is 3.48. The van der Waals surface area contributed by atoms with E-state index in [1.807, 2.05) is 36.4 Å². The average Bonchev–Trinajstić information content (AvgIpc) is 2.66. The van der Waals surface area contributed by atoms with Crippen LogP contribution in [0.1, 0.15) is 38.5 Å². The molecule has 0 saturated heterocycles. The van der Waals surface area contributed by atoms with Crippen molar-refractivity contribution in [2.24, 2.45) is 11.8 Å². The van der Waals surface area contributed by atoms with E-state index in [4.69, 9.17) is 0 Å². The molecule has 0 aliphatic heterocycles. The number of carbonyl (C=O) groups excluding carboxylic acids is 2. The first kappa shape index (κ1) is 20.9. The Kier molecular flexibility index (Phi) is 5.78. The molecule has 2 aromatic carbocycles. The number of hydrogen-bond acceptors (Lipinski definition) is 5. The van der Waals surface area contributed by atoms with Gasteiger partial charge in [-0.15, -0.1) is 0 Å². The number of aromatic nitrogens is 2. The first-order chi connectivity index (χ1) is 15.6. The van der Waals surface area contributed by atoms with Crippen LogP contribution in [0.5, 0.6) is 0 Å². The van der Waals surface area contributed by atoms with Gasteiger partial charge in [0, 0.05) is 27.4 Å². The van der Waals surface area contributed by atoms with E-state index >= 15 is 0 Å². The molecule has 0 radical (unpaired) electrons. The van der Waals surface area contributed by atoms with Crippen LogP contribution in [-0.4, -0.2) is 21.8 Å². The van der Waals surface area contributed by atoms with Crippen molar-refractivity contribution in [2.75, 3.05) is 16.0 Å². The summed E-state index contributed by atoms with van der Waals surface area (Å²) in [5.74, 6) is 0.695. The van der Waals surface area contributed by atoms with Crippen molar-refractivity contribution in [1.82, 2.24) is 9.97 Å². The molecule has 2 aliphatic rings. The van der Waals surface area contributed by atoms with Crippen LogP contribution < -0.4 is 16.0 Å². The molecule has 0 atom stereocenters. The second kappa shape index (κ2) is 8.86. The van der Waals surface area contributed by atoms with Gasteiger partial charge in [-0.05, 0) is 56.0 Å². The zero-order chi connectivity index (χ0) is 22.1. The first-order valence-electron chi connectivity index (χ1n) is 11.0. The van der Waals surface area contributed by atoms with Crippen LogP contribution in [0.3, 0.4) is 0 Å². The van der Waals surface area contributed by atoms with Crippen molar-refractivity contribution < 1.29 is 9.59 Å². The molecule has 8 heteroatoms. The van der Waals surface area contributed by atoms with Crippen LogP contribution in [0, 0.1) is 11.8 Å². The lowest BCUT2D eigenvalue weighted by Crippen LogP contribution is -2.30. The van der Waals surface area contributed by atoms with Gasteiger partial charge in [-0.2, -0.15) is 0 Å². The fourth-order valence-corrected chi connectivity index (χ4v) is 4.32. The highest BCUT2D eigenvalue weighted by atomic mass is 79.9. The minimum Gasteiger partial charge on any atom is -0.340 e. The highest BCUT2D eigenvalue weighted by Crippen LogP contribution is 2.35. The number of hydrogen-bond donors (Lipinski definition) is 3. The number of nitrogens with zero attached hydrogens (tertiary/aromatic N) is 2. The topological polar surface area (TPSA) is 96.0 Å². The molecular formula is C24H24BrN5O2. The number of fused-ring (bicyclic) bond motifs is 1. The highest BCUT2D eigenvalue weighted by Gasteiger charge is 2.28. The van der Waals surface area contributed by atoms with Crippen LogP contribution >= 0.6 is 15.9 Å². The van der Waals surface area contributed by atoms with E-state index in [1.165, 1.54) is 6.33 Å². The Morgan fingerprint density at radius 3 is 2.12 bits per heavy atom. The normalized spacial score (nSPS) is 16.2. The summed E-state index contributed by atoms with van der Waals surface area (Å²) in [4.78, 5) is 34.2. The Hall–Kier alpha value is -3.00. The van der Waals surface area contributed by atoms with Crippen molar-refractivity contribution in [1.29, 1.82) is 0 Å². The quantitative estimate of drug-likeness (QED) is 0.414. The monoisotopic (exact) mass is 493 g/mol. The van der Waals surface area contributed by atoms with E-state index in [0.29, 0.717) is 22.7 Å². The van der Waals surface area contributed by atoms with Crippen LogP contribution in [0.4, 0.5) is 22.9 Å². The maximum Gasteiger partial charge on any atom is 0.227 e. The number of amides is 2. The predicted molar refractivity (Wildman–Crippen MR) is 129 cm³/mol. The summed E-state index contributed by atoms with van der Waals surface area (Å²) in [5, 5.41) is 10.2. The number of benzene rings is 2. The second-order valence-electron chi connectivity index (χ2n) is 8.51. The molecule has 5 rings (SSSR count). The molecule has 7 nitrogen and oxygen atoms in total. The molecule has 1 aromatic heterocycles. The number of carbonyl (C=O) groups is 2. The van der Waals surface area contributed by atoms with Crippen molar-refractivity contribution in [2.45, 2.75) is 38.5 Å². The van der Waals surface area contributed by atoms with Crippen LogP contribution in [0.25, 0.3) is 10.9 Å². The van der Waals surface area contributed by atoms with Crippen molar-refractivity contribution in [3.8, 4) is 0 Å². The SMILES string of the molecule is O=C(Nc1cc2ncnc(Nc3cccc(Br)c3)c2cc1NC(=O)C1CCC1)C1CCC1. The van der Waals surface area contributed by atoms with Gasteiger partial charge in [0.2, 0.25) is 11.8 Å². The Balaban J connectivity index is 1.51. The van der Waals surface area contributed by atoms with Crippen molar-refractivity contribution in [3.63, 3.8) is 0 Å². The van der Waals surface area contributed by atoms with Gasteiger partial charge >= 0.3 is 0 Å². The van der Waals surface area contributed by atoms with Crippen molar-refractivity contribution >= 4 is 61.5 Å². The Morgan fingerprint density at radius 2 is 1.53 bits per heavy atom. The van der Waals surface area contributed by atoms with E-state index in [0.717, 1.165) is 54.1 Å². The lowest BCUT2D eigenvalue weighted by atomic mass is 9.84. The van der Waals surface area contributed by atoms with Gasteiger partial charge in [-0.1, -0.05) is 34.8 Å².